The van der Waals surface area contributed by atoms with E-state index in [1.165, 1.54) is 6.07 Å². The molecule has 2 aliphatic rings. The van der Waals surface area contributed by atoms with E-state index in [2.05, 4.69) is 4.90 Å². The molecule has 0 aliphatic carbocycles. The van der Waals surface area contributed by atoms with Crippen LogP contribution < -0.4 is 0 Å². The lowest BCUT2D eigenvalue weighted by Gasteiger charge is -2.35. The molecule has 0 atom stereocenters. The van der Waals surface area contributed by atoms with Gasteiger partial charge in [-0.05, 0) is 12.1 Å². The maximum absolute atomic E-state index is 13.7. The first kappa shape index (κ1) is 15.4. The third kappa shape index (κ3) is 3.63. The second kappa shape index (κ2) is 7.17. The molecule has 2 fully saturated rings. The van der Waals surface area contributed by atoms with Gasteiger partial charge < -0.3 is 14.4 Å². The highest BCUT2D eigenvalue weighted by Gasteiger charge is 2.24. The van der Waals surface area contributed by atoms with Crippen LogP contribution in [0.1, 0.15) is 16.8 Å². The van der Waals surface area contributed by atoms with Crippen LogP contribution in [0.25, 0.3) is 0 Å². The molecule has 3 rings (SSSR count). The fourth-order valence-electron chi connectivity index (χ4n) is 2.84. The quantitative estimate of drug-likeness (QED) is 0.842. The summed E-state index contributed by atoms with van der Waals surface area (Å²) in [6.45, 7) is 5.09. The van der Waals surface area contributed by atoms with Crippen LogP contribution in [0.2, 0.25) is 0 Å². The number of piperazine rings is 1. The molecule has 1 aromatic carbocycles. The van der Waals surface area contributed by atoms with Crippen LogP contribution in [-0.4, -0.2) is 67.9 Å². The van der Waals surface area contributed by atoms with E-state index in [-0.39, 0.29) is 17.8 Å². The Morgan fingerprint density at radius 2 is 1.82 bits per heavy atom. The number of rotatable bonds is 4. The van der Waals surface area contributed by atoms with Crippen molar-refractivity contribution < 1.29 is 18.7 Å². The molecule has 0 bridgehead atoms. The van der Waals surface area contributed by atoms with Crippen molar-refractivity contribution in [2.75, 3.05) is 45.9 Å². The van der Waals surface area contributed by atoms with Crippen molar-refractivity contribution in [3.63, 3.8) is 0 Å². The van der Waals surface area contributed by atoms with Gasteiger partial charge in [-0.3, -0.25) is 9.69 Å². The van der Waals surface area contributed by atoms with E-state index in [1.807, 2.05) is 0 Å². The van der Waals surface area contributed by atoms with Crippen molar-refractivity contribution in [1.29, 1.82) is 0 Å². The molecule has 0 saturated carbocycles. The molecular weight excluding hydrogens is 287 g/mol. The van der Waals surface area contributed by atoms with Crippen molar-refractivity contribution in [3.8, 4) is 0 Å². The highest BCUT2D eigenvalue weighted by Crippen LogP contribution is 2.14. The number of halogens is 1. The lowest BCUT2D eigenvalue weighted by molar-refractivity contribution is -0.0529. The van der Waals surface area contributed by atoms with Gasteiger partial charge >= 0.3 is 0 Å². The number of ether oxygens (including phenoxy) is 2. The Balaban J connectivity index is 1.47. The minimum absolute atomic E-state index is 0.0851. The van der Waals surface area contributed by atoms with E-state index in [0.29, 0.717) is 26.3 Å². The highest BCUT2D eigenvalue weighted by atomic mass is 19.1. The van der Waals surface area contributed by atoms with Crippen LogP contribution in [-0.2, 0) is 9.47 Å². The van der Waals surface area contributed by atoms with E-state index in [9.17, 15) is 9.18 Å². The number of amides is 1. The largest absolute Gasteiger partial charge is 0.350 e. The Morgan fingerprint density at radius 3 is 2.50 bits per heavy atom. The summed E-state index contributed by atoms with van der Waals surface area (Å²) in [7, 11) is 0. The van der Waals surface area contributed by atoms with E-state index in [0.717, 1.165) is 26.1 Å². The number of hydrogen-bond acceptors (Lipinski definition) is 4. The second-order valence-corrected chi connectivity index (χ2v) is 5.57. The van der Waals surface area contributed by atoms with Gasteiger partial charge in [-0.15, -0.1) is 0 Å². The van der Waals surface area contributed by atoms with Gasteiger partial charge in [0.2, 0.25) is 0 Å². The van der Waals surface area contributed by atoms with Crippen molar-refractivity contribution >= 4 is 5.91 Å². The van der Waals surface area contributed by atoms with Gasteiger partial charge in [0.25, 0.3) is 5.91 Å². The summed E-state index contributed by atoms with van der Waals surface area (Å²) in [5.74, 6) is -0.675. The molecule has 0 spiro atoms. The molecule has 0 radical (unpaired) electrons. The number of nitrogens with zero attached hydrogens (tertiary/aromatic N) is 2. The average molecular weight is 308 g/mol. The molecule has 0 N–H and O–H groups in total. The topological polar surface area (TPSA) is 42.0 Å². The summed E-state index contributed by atoms with van der Waals surface area (Å²) in [6.07, 6.45) is 0.763. The van der Waals surface area contributed by atoms with Gasteiger partial charge in [-0.1, -0.05) is 12.1 Å². The lowest BCUT2D eigenvalue weighted by atomic mass is 10.1. The average Bonchev–Trinajstić information content (AvgIpc) is 3.07. The van der Waals surface area contributed by atoms with Crippen molar-refractivity contribution in [2.45, 2.75) is 12.7 Å². The third-order valence-electron chi connectivity index (χ3n) is 4.14. The number of carbonyl (C=O) groups is 1. The fraction of sp³-hybridized carbons (Fsp3) is 0.562. The van der Waals surface area contributed by atoms with Crippen molar-refractivity contribution in [3.05, 3.63) is 35.6 Å². The van der Waals surface area contributed by atoms with E-state index < -0.39 is 5.82 Å². The number of benzene rings is 1. The first-order valence-electron chi connectivity index (χ1n) is 7.73. The molecule has 120 valence electrons. The van der Waals surface area contributed by atoms with E-state index in [1.54, 1.807) is 23.1 Å². The predicted octanol–water partition coefficient (Wildman–Crippen LogP) is 1.35. The molecule has 0 unspecified atom stereocenters. The van der Waals surface area contributed by atoms with Crippen molar-refractivity contribution in [1.82, 2.24) is 9.80 Å². The summed E-state index contributed by atoms with van der Waals surface area (Å²) in [5.41, 5.74) is 0.156. The van der Waals surface area contributed by atoms with Crippen molar-refractivity contribution in [2.24, 2.45) is 0 Å². The van der Waals surface area contributed by atoms with Crippen LogP contribution >= 0.6 is 0 Å². The molecule has 2 saturated heterocycles. The Hall–Kier alpha value is -1.50. The molecule has 1 aromatic rings. The standard InChI is InChI=1S/C16H21FN2O3/c17-14-4-2-1-3-13(14)16(20)19-9-7-18(8-10-19)6-5-15-21-11-12-22-15/h1-4,15H,5-12H2. The third-order valence-corrected chi connectivity index (χ3v) is 4.14. The van der Waals surface area contributed by atoms with Crippen LogP contribution in [0.15, 0.2) is 24.3 Å². The molecule has 2 heterocycles. The SMILES string of the molecule is O=C(c1ccccc1F)N1CCN(CCC2OCCO2)CC1. The highest BCUT2D eigenvalue weighted by molar-refractivity contribution is 5.94. The maximum atomic E-state index is 13.7. The summed E-state index contributed by atoms with van der Waals surface area (Å²) >= 11 is 0. The van der Waals surface area contributed by atoms with Crippen LogP contribution in [0.3, 0.4) is 0 Å². The van der Waals surface area contributed by atoms with Gasteiger partial charge in [-0.2, -0.15) is 0 Å². The van der Waals surface area contributed by atoms with Crippen LogP contribution in [0, 0.1) is 5.82 Å². The Labute approximate surface area is 129 Å². The van der Waals surface area contributed by atoms with E-state index >= 15 is 0 Å². The summed E-state index contributed by atoms with van der Waals surface area (Å²) in [5, 5.41) is 0. The van der Waals surface area contributed by atoms with Gasteiger partial charge in [0.1, 0.15) is 5.82 Å². The first-order valence-corrected chi connectivity index (χ1v) is 7.73. The normalized spacial score (nSPS) is 20.5. The molecule has 5 nitrogen and oxygen atoms in total. The molecule has 1 amide bonds. The van der Waals surface area contributed by atoms with Gasteiger partial charge in [0.15, 0.2) is 6.29 Å². The number of hydrogen-bond donors (Lipinski definition) is 0. The second-order valence-electron chi connectivity index (χ2n) is 5.57. The minimum atomic E-state index is -0.453. The smallest absolute Gasteiger partial charge is 0.256 e. The predicted molar refractivity (Wildman–Crippen MR) is 79.1 cm³/mol. The monoisotopic (exact) mass is 308 g/mol. The minimum Gasteiger partial charge on any atom is -0.350 e. The first-order chi connectivity index (χ1) is 10.7. The van der Waals surface area contributed by atoms with Crippen LogP contribution in [0.5, 0.6) is 0 Å². The molecular formula is C16H21FN2O3. The zero-order chi connectivity index (χ0) is 15.4. The molecule has 2 aliphatic heterocycles. The Kier molecular flexibility index (Phi) is 5.02. The maximum Gasteiger partial charge on any atom is 0.256 e. The van der Waals surface area contributed by atoms with Crippen LogP contribution in [0.4, 0.5) is 4.39 Å². The molecule has 6 heteroatoms. The molecule has 22 heavy (non-hydrogen) atoms. The van der Waals surface area contributed by atoms with Gasteiger partial charge in [-0.25, -0.2) is 4.39 Å². The number of carbonyl (C=O) groups excluding carboxylic acids is 1. The Bertz CT molecular complexity index is 512. The zero-order valence-electron chi connectivity index (χ0n) is 12.5. The fourth-order valence-corrected chi connectivity index (χ4v) is 2.84. The van der Waals surface area contributed by atoms with E-state index in [4.69, 9.17) is 9.47 Å². The Morgan fingerprint density at radius 1 is 1.14 bits per heavy atom. The summed E-state index contributed by atoms with van der Waals surface area (Å²) in [6, 6.07) is 6.15. The van der Waals surface area contributed by atoms with Gasteiger partial charge in [0.05, 0.1) is 18.8 Å². The summed E-state index contributed by atoms with van der Waals surface area (Å²) < 4.78 is 24.5. The summed E-state index contributed by atoms with van der Waals surface area (Å²) in [4.78, 5) is 16.3. The van der Waals surface area contributed by atoms with Gasteiger partial charge in [0, 0.05) is 39.1 Å². The molecule has 0 aromatic heterocycles. The zero-order valence-corrected chi connectivity index (χ0v) is 12.5. The lowest BCUT2D eigenvalue weighted by Crippen LogP contribution is -2.49.